The van der Waals surface area contributed by atoms with Gasteiger partial charge in [-0.3, -0.25) is 9.89 Å². The standard InChI is InChI=1S/C18H15Cl2N5O/c1-10-22-16-9-25(18(26)12-3-2-11(19)8-14(12)20)7-5-13(16)17(23-10)15-4-6-21-24-15/h2-4,6,8H,5,7,9H2,1H3,(H,21,24). The lowest BCUT2D eigenvalue weighted by Gasteiger charge is -2.29. The molecule has 0 atom stereocenters. The molecular weight excluding hydrogens is 373 g/mol. The van der Waals surface area contributed by atoms with Gasteiger partial charge in [0.05, 0.1) is 34.2 Å². The molecule has 1 aliphatic rings. The summed E-state index contributed by atoms with van der Waals surface area (Å²) in [5, 5.41) is 7.81. The molecule has 0 aliphatic carbocycles. The molecule has 1 amide bonds. The molecule has 1 aliphatic heterocycles. The largest absolute Gasteiger partial charge is 0.332 e. The van der Waals surface area contributed by atoms with Crippen molar-refractivity contribution in [1.82, 2.24) is 25.1 Å². The Morgan fingerprint density at radius 2 is 2.08 bits per heavy atom. The summed E-state index contributed by atoms with van der Waals surface area (Å²) < 4.78 is 0. The van der Waals surface area contributed by atoms with E-state index in [9.17, 15) is 4.79 Å². The zero-order chi connectivity index (χ0) is 18.3. The molecule has 1 N–H and O–H groups in total. The van der Waals surface area contributed by atoms with Crippen molar-refractivity contribution in [3.8, 4) is 11.4 Å². The van der Waals surface area contributed by atoms with Gasteiger partial charge in [-0.1, -0.05) is 23.2 Å². The van der Waals surface area contributed by atoms with Crippen molar-refractivity contribution >= 4 is 29.1 Å². The predicted octanol–water partition coefficient (Wildman–Crippen LogP) is 3.68. The van der Waals surface area contributed by atoms with E-state index >= 15 is 0 Å². The lowest BCUT2D eigenvalue weighted by molar-refractivity contribution is 0.0732. The van der Waals surface area contributed by atoms with E-state index in [4.69, 9.17) is 23.2 Å². The van der Waals surface area contributed by atoms with E-state index in [0.29, 0.717) is 40.9 Å². The topological polar surface area (TPSA) is 74.8 Å². The monoisotopic (exact) mass is 387 g/mol. The molecule has 3 heterocycles. The number of aryl methyl sites for hydroxylation is 1. The Kier molecular flexibility index (Phi) is 4.38. The van der Waals surface area contributed by atoms with Crippen LogP contribution in [0.2, 0.25) is 10.0 Å². The molecule has 132 valence electrons. The molecule has 0 radical (unpaired) electrons. The zero-order valence-electron chi connectivity index (χ0n) is 14.0. The van der Waals surface area contributed by atoms with Gasteiger partial charge in [-0.2, -0.15) is 5.10 Å². The summed E-state index contributed by atoms with van der Waals surface area (Å²) in [6.07, 6.45) is 2.36. The lowest BCUT2D eigenvalue weighted by atomic mass is 10.00. The van der Waals surface area contributed by atoms with Crippen molar-refractivity contribution < 1.29 is 4.79 Å². The molecule has 0 fully saturated rings. The number of carbonyl (C=O) groups is 1. The fourth-order valence-electron chi connectivity index (χ4n) is 3.17. The Morgan fingerprint density at radius 1 is 1.23 bits per heavy atom. The number of H-pyrrole nitrogens is 1. The second kappa shape index (κ2) is 6.70. The number of carbonyl (C=O) groups excluding carboxylic acids is 1. The van der Waals surface area contributed by atoms with Crippen LogP contribution < -0.4 is 0 Å². The van der Waals surface area contributed by atoms with Crippen molar-refractivity contribution in [1.29, 1.82) is 0 Å². The second-order valence-electron chi connectivity index (χ2n) is 6.12. The van der Waals surface area contributed by atoms with Gasteiger partial charge in [0.1, 0.15) is 5.82 Å². The molecule has 0 bridgehead atoms. The number of benzene rings is 1. The number of amides is 1. The molecule has 0 saturated carbocycles. The van der Waals surface area contributed by atoms with Gasteiger partial charge in [0, 0.05) is 23.3 Å². The van der Waals surface area contributed by atoms with Crippen LogP contribution in [0.5, 0.6) is 0 Å². The van der Waals surface area contributed by atoms with Crippen LogP contribution >= 0.6 is 23.2 Å². The molecular formula is C18H15Cl2N5O. The minimum atomic E-state index is -0.128. The highest BCUT2D eigenvalue weighted by molar-refractivity contribution is 6.36. The number of rotatable bonds is 2. The van der Waals surface area contributed by atoms with Crippen LogP contribution in [0.25, 0.3) is 11.4 Å². The maximum Gasteiger partial charge on any atom is 0.255 e. The number of halogens is 2. The van der Waals surface area contributed by atoms with E-state index in [0.717, 1.165) is 22.6 Å². The Balaban J connectivity index is 1.67. The number of nitrogens with zero attached hydrogens (tertiary/aromatic N) is 4. The molecule has 3 aromatic rings. The Hall–Kier alpha value is -2.44. The van der Waals surface area contributed by atoms with Crippen LogP contribution in [-0.2, 0) is 13.0 Å². The number of hydrogen-bond donors (Lipinski definition) is 1. The smallest absolute Gasteiger partial charge is 0.255 e. The van der Waals surface area contributed by atoms with Gasteiger partial charge >= 0.3 is 0 Å². The van der Waals surface area contributed by atoms with Gasteiger partial charge in [0.25, 0.3) is 5.91 Å². The summed E-state index contributed by atoms with van der Waals surface area (Å²) in [6, 6.07) is 6.79. The van der Waals surface area contributed by atoms with E-state index in [1.165, 1.54) is 0 Å². The number of aromatic nitrogens is 4. The first-order valence-electron chi connectivity index (χ1n) is 8.13. The Morgan fingerprint density at radius 3 is 2.81 bits per heavy atom. The van der Waals surface area contributed by atoms with Crippen molar-refractivity contribution in [2.75, 3.05) is 6.54 Å². The number of nitrogens with one attached hydrogen (secondary N) is 1. The van der Waals surface area contributed by atoms with E-state index in [-0.39, 0.29) is 5.91 Å². The van der Waals surface area contributed by atoms with Gasteiger partial charge < -0.3 is 4.90 Å². The van der Waals surface area contributed by atoms with Crippen LogP contribution in [0.3, 0.4) is 0 Å². The highest BCUT2D eigenvalue weighted by atomic mass is 35.5. The quantitative estimate of drug-likeness (QED) is 0.727. The van der Waals surface area contributed by atoms with Gasteiger partial charge in [0.15, 0.2) is 0 Å². The Bertz CT molecular complexity index is 987. The molecule has 6 nitrogen and oxygen atoms in total. The third kappa shape index (κ3) is 3.06. The van der Waals surface area contributed by atoms with Crippen LogP contribution in [-0.4, -0.2) is 37.5 Å². The average Bonchev–Trinajstić information content (AvgIpc) is 3.14. The first kappa shape index (κ1) is 17.0. The van der Waals surface area contributed by atoms with Crippen molar-refractivity contribution in [3.63, 3.8) is 0 Å². The predicted molar refractivity (Wildman–Crippen MR) is 99.3 cm³/mol. The number of aromatic amines is 1. The molecule has 0 unspecified atom stereocenters. The summed E-state index contributed by atoms with van der Waals surface area (Å²) >= 11 is 12.1. The third-order valence-corrected chi connectivity index (χ3v) is 4.93. The SMILES string of the molecule is Cc1nc2c(c(-c3ccn[nH]3)n1)CCN(C(=O)c1ccc(Cl)cc1Cl)C2. The van der Waals surface area contributed by atoms with Gasteiger partial charge in [-0.05, 0) is 37.6 Å². The fourth-order valence-corrected chi connectivity index (χ4v) is 3.66. The van der Waals surface area contributed by atoms with Gasteiger partial charge in [-0.15, -0.1) is 0 Å². The summed E-state index contributed by atoms with van der Waals surface area (Å²) in [7, 11) is 0. The molecule has 8 heteroatoms. The van der Waals surface area contributed by atoms with Crippen LogP contribution in [0.15, 0.2) is 30.5 Å². The zero-order valence-corrected chi connectivity index (χ0v) is 15.5. The number of hydrogen-bond acceptors (Lipinski definition) is 4. The van der Waals surface area contributed by atoms with Crippen molar-refractivity contribution in [2.24, 2.45) is 0 Å². The minimum absolute atomic E-state index is 0.128. The van der Waals surface area contributed by atoms with Crippen molar-refractivity contribution in [2.45, 2.75) is 19.9 Å². The van der Waals surface area contributed by atoms with Crippen LogP contribution in [0.1, 0.15) is 27.4 Å². The highest BCUT2D eigenvalue weighted by Gasteiger charge is 2.27. The normalized spacial score (nSPS) is 13.6. The Labute approximate surface area is 160 Å². The van der Waals surface area contributed by atoms with Crippen molar-refractivity contribution in [3.05, 3.63) is 63.2 Å². The van der Waals surface area contributed by atoms with E-state index in [2.05, 4.69) is 20.2 Å². The van der Waals surface area contributed by atoms with Crippen LogP contribution in [0, 0.1) is 6.92 Å². The van der Waals surface area contributed by atoms with Gasteiger partial charge in [-0.25, -0.2) is 9.97 Å². The summed E-state index contributed by atoms with van der Waals surface area (Å²) in [6.45, 7) is 2.83. The van der Waals surface area contributed by atoms with E-state index in [1.807, 2.05) is 13.0 Å². The lowest BCUT2D eigenvalue weighted by Crippen LogP contribution is -2.37. The molecule has 26 heavy (non-hydrogen) atoms. The minimum Gasteiger partial charge on any atom is -0.332 e. The number of fused-ring (bicyclic) bond motifs is 1. The molecule has 0 spiro atoms. The first-order valence-corrected chi connectivity index (χ1v) is 8.89. The summed E-state index contributed by atoms with van der Waals surface area (Å²) in [5.41, 5.74) is 4.05. The highest BCUT2D eigenvalue weighted by Crippen LogP contribution is 2.29. The fraction of sp³-hybridized carbons (Fsp3) is 0.222. The maximum absolute atomic E-state index is 12.9. The maximum atomic E-state index is 12.9. The van der Waals surface area contributed by atoms with E-state index < -0.39 is 0 Å². The molecule has 2 aromatic heterocycles. The second-order valence-corrected chi connectivity index (χ2v) is 6.96. The van der Waals surface area contributed by atoms with Crippen LogP contribution in [0.4, 0.5) is 0 Å². The summed E-state index contributed by atoms with van der Waals surface area (Å²) in [5.74, 6) is 0.531. The van der Waals surface area contributed by atoms with Gasteiger partial charge in [0.2, 0.25) is 0 Å². The first-order chi connectivity index (χ1) is 12.5. The summed E-state index contributed by atoms with van der Waals surface area (Å²) in [4.78, 5) is 23.7. The molecule has 4 rings (SSSR count). The third-order valence-electron chi connectivity index (χ3n) is 4.38. The molecule has 0 saturated heterocycles. The average molecular weight is 388 g/mol. The van der Waals surface area contributed by atoms with E-state index in [1.54, 1.807) is 29.3 Å². The molecule has 1 aromatic carbocycles.